The summed E-state index contributed by atoms with van der Waals surface area (Å²) in [4.78, 5) is 28.3. The van der Waals surface area contributed by atoms with Crippen molar-refractivity contribution in [2.75, 3.05) is 19.6 Å². The van der Waals surface area contributed by atoms with Gasteiger partial charge in [-0.3, -0.25) is 19.2 Å². The molecule has 2 N–H and O–H groups in total. The molecule has 0 aromatic carbocycles. The van der Waals surface area contributed by atoms with Crippen molar-refractivity contribution in [1.29, 1.82) is 0 Å². The number of amides is 2. The van der Waals surface area contributed by atoms with Crippen LogP contribution in [0, 0.1) is 0 Å². The average Bonchev–Trinajstić information content (AvgIpc) is 3.23. The van der Waals surface area contributed by atoms with E-state index in [9.17, 15) is 9.59 Å². The number of nitrogens with zero attached hydrogens (tertiary/aromatic N) is 4. The first-order valence-corrected chi connectivity index (χ1v) is 8.48. The van der Waals surface area contributed by atoms with Gasteiger partial charge in [0.15, 0.2) is 0 Å². The van der Waals surface area contributed by atoms with Crippen LogP contribution < -0.4 is 5.73 Å². The van der Waals surface area contributed by atoms with Crippen LogP contribution in [-0.4, -0.2) is 63.1 Å². The van der Waals surface area contributed by atoms with Crippen LogP contribution in [0.2, 0.25) is 0 Å². The standard InChI is InChI=1S/C16H25N5O2/c1-2-21-14(5-8-18-21)16(23)19-10-6-12(7-11-19)20-9-3-4-13(20)15(17)22/h5,8,12-13H,2-4,6-7,9-11H2,1H3,(H2,17,22). The van der Waals surface area contributed by atoms with Crippen molar-refractivity contribution in [2.45, 2.75) is 51.2 Å². The molecule has 1 unspecified atom stereocenters. The van der Waals surface area contributed by atoms with Crippen molar-refractivity contribution in [3.05, 3.63) is 18.0 Å². The van der Waals surface area contributed by atoms with Crippen LogP contribution in [0.25, 0.3) is 0 Å². The van der Waals surface area contributed by atoms with Gasteiger partial charge in [-0.1, -0.05) is 0 Å². The minimum atomic E-state index is -0.215. The lowest BCUT2D eigenvalue weighted by atomic mass is 10.0. The van der Waals surface area contributed by atoms with Gasteiger partial charge in [-0.2, -0.15) is 5.10 Å². The Balaban J connectivity index is 1.60. The van der Waals surface area contributed by atoms with E-state index < -0.39 is 0 Å². The molecular formula is C16H25N5O2. The fourth-order valence-electron chi connectivity index (χ4n) is 3.86. The SMILES string of the molecule is CCn1nccc1C(=O)N1CCC(N2CCCC2C(N)=O)CC1. The highest BCUT2D eigenvalue weighted by Gasteiger charge is 2.36. The molecule has 3 rings (SSSR count). The zero-order valence-corrected chi connectivity index (χ0v) is 13.6. The summed E-state index contributed by atoms with van der Waals surface area (Å²) in [6.07, 6.45) is 5.36. The summed E-state index contributed by atoms with van der Waals surface area (Å²) in [6, 6.07) is 2.01. The summed E-state index contributed by atoms with van der Waals surface area (Å²) in [5.74, 6) is -0.163. The normalized spacial score (nSPS) is 23.3. The van der Waals surface area contributed by atoms with Crippen LogP contribution >= 0.6 is 0 Å². The molecule has 7 nitrogen and oxygen atoms in total. The highest BCUT2D eigenvalue weighted by molar-refractivity contribution is 5.92. The van der Waals surface area contributed by atoms with E-state index in [-0.39, 0.29) is 17.9 Å². The van der Waals surface area contributed by atoms with E-state index in [1.54, 1.807) is 16.9 Å². The van der Waals surface area contributed by atoms with Crippen LogP contribution in [-0.2, 0) is 11.3 Å². The highest BCUT2D eigenvalue weighted by Crippen LogP contribution is 2.26. The highest BCUT2D eigenvalue weighted by atomic mass is 16.2. The smallest absolute Gasteiger partial charge is 0.272 e. The monoisotopic (exact) mass is 319 g/mol. The number of aromatic nitrogens is 2. The summed E-state index contributed by atoms with van der Waals surface area (Å²) < 4.78 is 1.73. The first kappa shape index (κ1) is 16.0. The minimum Gasteiger partial charge on any atom is -0.368 e. The maximum absolute atomic E-state index is 12.6. The molecule has 0 aliphatic carbocycles. The van der Waals surface area contributed by atoms with Crippen molar-refractivity contribution < 1.29 is 9.59 Å². The quantitative estimate of drug-likeness (QED) is 0.873. The van der Waals surface area contributed by atoms with Gasteiger partial charge in [0.1, 0.15) is 5.69 Å². The van der Waals surface area contributed by atoms with Crippen LogP contribution in [0.15, 0.2) is 12.3 Å². The second kappa shape index (κ2) is 6.70. The molecule has 0 saturated carbocycles. The van der Waals surface area contributed by atoms with Crippen LogP contribution in [0.3, 0.4) is 0 Å². The van der Waals surface area contributed by atoms with Crippen molar-refractivity contribution in [3.63, 3.8) is 0 Å². The molecule has 1 atom stereocenters. The number of aryl methyl sites for hydroxylation is 1. The van der Waals surface area contributed by atoms with Gasteiger partial charge in [0.2, 0.25) is 5.91 Å². The molecule has 23 heavy (non-hydrogen) atoms. The maximum atomic E-state index is 12.6. The van der Waals surface area contributed by atoms with E-state index in [0.717, 1.165) is 45.3 Å². The van der Waals surface area contributed by atoms with Gasteiger partial charge in [-0.15, -0.1) is 0 Å². The van der Waals surface area contributed by atoms with E-state index in [4.69, 9.17) is 5.73 Å². The van der Waals surface area contributed by atoms with Gasteiger partial charge >= 0.3 is 0 Å². The van der Waals surface area contributed by atoms with Crippen LogP contribution in [0.4, 0.5) is 0 Å². The van der Waals surface area contributed by atoms with E-state index in [2.05, 4.69) is 10.00 Å². The molecule has 2 aliphatic rings. The Kier molecular flexibility index (Phi) is 4.66. The van der Waals surface area contributed by atoms with E-state index in [0.29, 0.717) is 18.3 Å². The molecule has 0 bridgehead atoms. The molecule has 3 heterocycles. The molecule has 126 valence electrons. The topological polar surface area (TPSA) is 84.5 Å². The summed E-state index contributed by atoms with van der Waals surface area (Å²) >= 11 is 0. The van der Waals surface area contributed by atoms with E-state index in [1.807, 2.05) is 11.8 Å². The molecule has 2 fully saturated rings. The molecular weight excluding hydrogens is 294 g/mol. The minimum absolute atomic E-state index is 0.0515. The Morgan fingerprint density at radius 3 is 2.65 bits per heavy atom. The third kappa shape index (κ3) is 3.10. The summed E-state index contributed by atoms with van der Waals surface area (Å²) in [6.45, 7) is 5.06. The Hall–Kier alpha value is -1.89. The number of piperidine rings is 1. The molecule has 2 saturated heterocycles. The summed E-state index contributed by atoms with van der Waals surface area (Å²) in [7, 11) is 0. The number of carbonyl (C=O) groups excluding carboxylic acids is 2. The average molecular weight is 319 g/mol. The number of hydrogen-bond donors (Lipinski definition) is 1. The van der Waals surface area contributed by atoms with Crippen molar-refractivity contribution in [2.24, 2.45) is 5.73 Å². The molecule has 1 aromatic rings. The zero-order valence-electron chi connectivity index (χ0n) is 13.6. The molecule has 1 aromatic heterocycles. The second-order valence-corrected chi connectivity index (χ2v) is 6.35. The zero-order chi connectivity index (χ0) is 16.4. The van der Waals surface area contributed by atoms with Crippen LogP contribution in [0.5, 0.6) is 0 Å². The van der Waals surface area contributed by atoms with Gasteiger partial charge in [0.05, 0.1) is 6.04 Å². The van der Waals surface area contributed by atoms with Gasteiger partial charge in [-0.25, -0.2) is 0 Å². The molecule has 2 aliphatic heterocycles. The third-order valence-corrected chi connectivity index (χ3v) is 5.08. The van der Waals surface area contributed by atoms with Gasteiger partial charge in [0.25, 0.3) is 5.91 Å². The molecule has 0 radical (unpaired) electrons. The second-order valence-electron chi connectivity index (χ2n) is 6.35. The van der Waals surface area contributed by atoms with Crippen molar-refractivity contribution in [1.82, 2.24) is 19.6 Å². The molecule has 0 spiro atoms. The largest absolute Gasteiger partial charge is 0.368 e. The fourth-order valence-corrected chi connectivity index (χ4v) is 3.86. The molecule has 7 heteroatoms. The number of nitrogens with two attached hydrogens (primary N) is 1. The first-order valence-electron chi connectivity index (χ1n) is 8.48. The fraction of sp³-hybridized carbons (Fsp3) is 0.688. The number of carbonyl (C=O) groups is 2. The lowest BCUT2D eigenvalue weighted by Crippen LogP contribution is -2.51. The summed E-state index contributed by atoms with van der Waals surface area (Å²) in [5, 5.41) is 4.17. The predicted octanol–water partition coefficient (Wildman–Crippen LogP) is 0.457. The Labute approximate surface area is 136 Å². The predicted molar refractivity (Wildman–Crippen MR) is 85.7 cm³/mol. The lowest BCUT2D eigenvalue weighted by Gasteiger charge is -2.38. The van der Waals surface area contributed by atoms with Crippen LogP contribution in [0.1, 0.15) is 43.1 Å². The van der Waals surface area contributed by atoms with Crippen molar-refractivity contribution >= 4 is 11.8 Å². The van der Waals surface area contributed by atoms with Gasteiger partial charge in [0, 0.05) is 31.9 Å². The Morgan fingerprint density at radius 1 is 1.26 bits per heavy atom. The van der Waals surface area contributed by atoms with E-state index >= 15 is 0 Å². The van der Waals surface area contributed by atoms with Gasteiger partial charge < -0.3 is 10.6 Å². The third-order valence-electron chi connectivity index (χ3n) is 5.08. The molecule has 2 amide bonds. The van der Waals surface area contributed by atoms with Crippen molar-refractivity contribution in [3.8, 4) is 0 Å². The Morgan fingerprint density at radius 2 is 2.00 bits per heavy atom. The Bertz CT molecular complexity index is 577. The summed E-state index contributed by atoms with van der Waals surface area (Å²) in [5.41, 5.74) is 6.17. The van der Waals surface area contributed by atoms with Gasteiger partial charge in [-0.05, 0) is 45.2 Å². The first-order chi connectivity index (χ1) is 11.1. The van der Waals surface area contributed by atoms with E-state index in [1.165, 1.54) is 0 Å². The maximum Gasteiger partial charge on any atom is 0.272 e. The number of hydrogen-bond acceptors (Lipinski definition) is 4. The number of rotatable bonds is 4. The lowest BCUT2D eigenvalue weighted by molar-refractivity contribution is -0.123. The number of likely N-dealkylation sites (tertiary alicyclic amines) is 2. The number of primary amides is 1.